The first-order chi connectivity index (χ1) is 12.4. The zero-order valence-electron chi connectivity index (χ0n) is 14.8. The van der Waals surface area contributed by atoms with Gasteiger partial charge in [0, 0.05) is 17.9 Å². The second-order valence-corrected chi connectivity index (χ2v) is 8.80. The molecule has 0 aliphatic heterocycles. The normalized spacial score (nSPS) is 10.7. The summed E-state index contributed by atoms with van der Waals surface area (Å²) in [6.45, 7) is 4.42. The molecule has 0 spiro atoms. The van der Waals surface area contributed by atoms with Gasteiger partial charge >= 0.3 is 11.9 Å². The number of carbonyl (C=O) groups is 2. The fourth-order valence-corrected chi connectivity index (χ4v) is 4.78. The standard InChI is InChI=1S/C18H22Br4O4/c1-3-5-6-7-8-9-10-26-18(24)12-11(17(23)25-4-2)13(19)15(21)16(22)14(12)20/h3-10H2,1-2H3. The molecule has 1 aromatic rings. The van der Waals surface area contributed by atoms with Crippen LogP contribution in [0.2, 0.25) is 0 Å². The predicted molar refractivity (Wildman–Crippen MR) is 117 cm³/mol. The van der Waals surface area contributed by atoms with Gasteiger partial charge in [-0.15, -0.1) is 0 Å². The van der Waals surface area contributed by atoms with E-state index in [0.29, 0.717) is 24.5 Å². The summed E-state index contributed by atoms with van der Waals surface area (Å²) < 4.78 is 12.6. The Labute approximate surface area is 188 Å². The van der Waals surface area contributed by atoms with Gasteiger partial charge in [0.1, 0.15) is 0 Å². The number of ether oxygens (including phenoxy) is 2. The number of hydrogen-bond acceptors (Lipinski definition) is 4. The van der Waals surface area contributed by atoms with Crippen LogP contribution < -0.4 is 0 Å². The lowest BCUT2D eigenvalue weighted by atomic mass is 10.1. The third kappa shape index (κ3) is 6.60. The van der Waals surface area contributed by atoms with Crippen molar-refractivity contribution < 1.29 is 19.1 Å². The van der Waals surface area contributed by atoms with Crippen LogP contribution in [0.25, 0.3) is 0 Å². The SMILES string of the molecule is CCCCCCCCOC(=O)c1c(Br)c(Br)c(Br)c(Br)c1C(=O)OCC. The number of halogens is 4. The minimum atomic E-state index is -0.584. The highest BCUT2D eigenvalue weighted by Crippen LogP contribution is 2.42. The highest BCUT2D eigenvalue weighted by molar-refractivity contribution is 9.15. The third-order valence-electron chi connectivity index (χ3n) is 3.68. The first kappa shape index (κ1) is 24.1. The average molecular weight is 622 g/mol. The van der Waals surface area contributed by atoms with Gasteiger partial charge in [-0.2, -0.15) is 0 Å². The molecule has 0 fully saturated rings. The molecule has 0 N–H and O–H groups in total. The number of rotatable bonds is 10. The topological polar surface area (TPSA) is 52.6 Å². The van der Waals surface area contributed by atoms with Gasteiger partial charge in [-0.3, -0.25) is 0 Å². The van der Waals surface area contributed by atoms with Crippen molar-refractivity contribution in [1.82, 2.24) is 0 Å². The van der Waals surface area contributed by atoms with Crippen LogP contribution in [0.15, 0.2) is 17.9 Å². The Morgan fingerprint density at radius 2 is 1.15 bits per heavy atom. The Hall–Kier alpha value is 0.0800. The Morgan fingerprint density at radius 1 is 0.692 bits per heavy atom. The molecule has 0 radical (unpaired) electrons. The Balaban J connectivity index is 2.92. The average Bonchev–Trinajstić information content (AvgIpc) is 2.61. The summed E-state index contributed by atoms with van der Waals surface area (Å²) in [5, 5.41) is 0. The molecule has 0 saturated carbocycles. The molecule has 0 aromatic heterocycles. The summed E-state index contributed by atoms with van der Waals surface area (Å²) >= 11 is 13.5. The van der Waals surface area contributed by atoms with Crippen molar-refractivity contribution in [2.45, 2.75) is 52.4 Å². The molecular weight excluding hydrogens is 600 g/mol. The van der Waals surface area contributed by atoms with Crippen molar-refractivity contribution >= 4 is 75.7 Å². The molecule has 0 saturated heterocycles. The molecule has 0 bridgehead atoms. The van der Waals surface area contributed by atoms with Gasteiger partial charge in [0.05, 0.1) is 24.3 Å². The van der Waals surface area contributed by atoms with E-state index in [9.17, 15) is 9.59 Å². The first-order valence-corrected chi connectivity index (χ1v) is 11.7. The van der Waals surface area contributed by atoms with Gasteiger partial charge in [0.15, 0.2) is 0 Å². The van der Waals surface area contributed by atoms with Crippen LogP contribution >= 0.6 is 63.7 Å². The number of unbranched alkanes of at least 4 members (excludes halogenated alkanes) is 5. The van der Waals surface area contributed by atoms with Gasteiger partial charge in [-0.05, 0) is 77.1 Å². The second-order valence-electron chi connectivity index (χ2n) is 5.63. The fraction of sp³-hybridized carbons (Fsp3) is 0.556. The van der Waals surface area contributed by atoms with Gasteiger partial charge < -0.3 is 9.47 Å². The number of carbonyl (C=O) groups excluding carboxylic acids is 2. The van der Waals surface area contributed by atoms with Gasteiger partial charge in [-0.25, -0.2) is 9.59 Å². The summed E-state index contributed by atoms with van der Waals surface area (Å²) in [4.78, 5) is 25.0. The highest BCUT2D eigenvalue weighted by atomic mass is 79.9. The lowest BCUT2D eigenvalue weighted by molar-refractivity contribution is 0.0460. The van der Waals surface area contributed by atoms with Crippen LogP contribution in [0.5, 0.6) is 0 Å². The van der Waals surface area contributed by atoms with Crippen LogP contribution in [0.3, 0.4) is 0 Å². The van der Waals surface area contributed by atoms with Crippen molar-refractivity contribution in [3.63, 3.8) is 0 Å². The molecule has 146 valence electrons. The van der Waals surface area contributed by atoms with Crippen LogP contribution in [0, 0.1) is 0 Å². The number of hydrogen-bond donors (Lipinski definition) is 0. The van der Waals surface area contributed by atoms with Crippen molar-refractivity contribution in [1.29, 1.82) is 0 Å². The molecule has 0 aliphatic carbocycles. The van der Waals surface area contributed by atoms with Crippen molar-refractivity contribution in [3.05, 3.63) is 29.0 Å². The Morgan fingerprint density at radius 3 is 1.65 bits per heavy atom. The van der Waals surface area contributed by atoms with E-state index in [-0.39, 0.29) is 17.7 Å². The minimum absolute atomic E-state index is 0.141. The largest absolute Gasteiger partial charge is 0.462 e. The van der Waals surface area contributed by atoms with Crippen LogP contribution in [0.1, 0.15) is 73.1 Å². The first-order valence-electron chi connectivity index (χ1n) is 8.56. The van der Waals surface area contributed by atoms with Crippen LogP contribution in [0.4, 0.5) is 0 Å². The molecule has 26 heavy (non-hydrogen) atoms. The van der Waals surface area contributed by atoms with E-state index in [0.717, 1.165) is 19.3 Å². The molecular formula is C18H22Br4O4. The van der Waals surface area contributed by atoms with E-state index in [2.05, 4.69) is 70.6 Å². The minimum Gasteiger partial charge on any atom is -0.462 e. The Kier molecular flexibility index (Phi) is 11.6. The summed E-state index contributed by atoms with van der Waals surface area (Å²) in [6, 6.07) is 0. The molecule has 4 nitrogen and oxygen atoms in total. The van der Waals surface area contributed by atoms with E-state index in [1.54, 1.807) is 6.92 Å². The van der Waals surface area contributed by atoms with E-state index >= 15 is 0 Å². The molecule has 8 heteroatoms. The van der Waals surface area contributed by atoms with Crippen LogP contribution in [-0.2, 0) is 9.47 Å². The van der Waals surface area contributed by atoms with E-state index in [1.807, 2.05) is 0 Å². The van der Waals surface area contributed by atoms with Crippen LogP contribution in [-0.4, -0.2) is 25.2 Å². The molecule has 0 aliphatic rings. The van der Waals surface area contributed by atoms with Crippen molar-refractivity contribution in [2.24, 2.45) is 0 Å². The smallest absolute Gasteiger partial charge is 0.340 e. The molecule has 1 rings (SSSR count). The van der Waals surface area contributed by atoms with E-state index in [4.69, 9.17) is 9.47 Å². The lowest BCUT2D eigenvalue weighted by Crippen LogP contribution is -2.17. The lowest BCUT2D eigenvalue weighted by Gasteiger charge is -2.15. The predicted octanol–water partition coefficient (Wildman–Crippen LogP) is 7.43. The highest BCUT2D eigenvalue weighted by Gasteiger charge is 2.29. The maximum atomic E-state index is 12.6. The zero-order valence-corrected chi connectivity index (χ0v) is 21.1. The fourth-order valence-electron chi connectivity index (χ4n) is 2.34. The third-order valence-corrected chi connectivity index (χ3v) is 8.45. The summed E-state index contributed by atoms with van der Waals surface area (Å²) in [5.41, 5.74) is 0.290. The molecule has 0 unspecified atom stereocenters. The van der Waals surface area contributed by atoms with Gasteiger partial charge in [0.2, 0.25) is 0 Å². The molecule has 1 aromatic carbocycles. The van der Waals surface area contributed by atoms with Gasteiger partial charge in [-0.1, -0.05) is 39.0 Å². The van der Waals surface area contributed by atoms with Crippen molar-refractivity contribution in [2.75, 3.05) is 13.2 Å². The van der Waals surface area contributed by atoms with Crippen molar-refractivity contribution in [3.8, 4) is 0 Å². The molecule has 0 amide bonds. The summed E-state index contributed by atoms with van der Waals surface area (Å²) in [5.74, 6) is -1.14. The number of benzene rings is 1. The molecule has 0 atom stereocenters. The summed E-state index contributed by atoms with van der Waals surface area (Å²) in [6.07, 6.45) is 6.60. The maximum Gasteiger partial charge on any atom is 0.340 e. The number of esters is 2. The zero-order chi connectivity index (χ0) is 19.7. The summed E-state index contributed by atoms with van der Waals surface area (Å²) in [7, 11) is 0. The van der Waals surface area contributed by atoms with E-state index in [1.165, 1.54) is 19.3 Å². The van der Waals surface area contributed by atoms with E-state index < -0.39 is 11.9 Å². The maximum absolute atomic E-state index is 12.6. The van der Waals surface area contributed by atoms with Gasteiger partial charge in [0.25, 0.3) is 0 Å². The molecule has 0 heterocycles. The Bertz CT molecular complexity index is 647. The monoisotopic (exact) mass is 618 g/mol. The quantitative estimate of drug-likeness (QED) is 0.118. The second kappa shape index (κ2) is 12.5.